The number of benzene rings is 1. The van der Waals surface area contributed by atoms with E-state index in [2.05, 4.69) is 15.0 Å². The molecule has 0 saturated carbocycles. The molecule has 0 saturated heterocycles. The Balaban J connectivity index is 2.45. The van der Waals surface area contributed by atoms with Gasteiger partial charge >= 0.3 is 6.03 Å². The van der Waals surface area contributed by atoms with E-state index in [1.54, 1.807) is 0 Å². The maximum absolute atomic E-state index is 11.6. The SMILES string of the molecule is CC(NC(=O)NCC(=O)N=S(C)(C)=O)c1ccccc1. The fraction of sp³-hybridized carbons (Fsp3) is 0.385. The van der Waals surface area contributed by atoms with Gasteiger partial charge < -0.3 is 10.6 Å². The molecule has 0 bridgehead atoms. The van der Waals surface area contributed by atoms with Crippen LogP contribution in [0.5, 0.6) is 0 Å². The molecule has 0 spiro atoms. The van der Waals surface area contributed by atoms with Gasteiger partial charge in [0.1, 0.15) is 6.54 Å². The molecule has 0 aliphatic carbocycles. The molecule has 1 aromatic carbocycles. The normalized spacial score (nSPS) is 12.3. The van der Waals surface area contributed by atoms with Gasteiger partial charge in [0.2, 0.25) is 0 Å². The maximum atomic E-state index is 11.6. The number of carbonyl (C=O) groups excluding carboxylic acids is 2. The number of nitrogens with one attached hydrogen (secondary N) is 2. The standard InChI is InChI=1S/C13H19N3O3S/c1-10(11-7-5-4-6-8-11)15-13(18)14-9-12(17)16-20(2,3)19/h4-8,10H,9H2,1-3H3,(H2,14,15,18). The van der Waals surface area contributed by atoms with E-state index in [1.807, 2.05) is 37.3 Å². The van der Waals surface area contributed by atoms with Crippen LogP contribution in [0, 0.1) is 0 Å². The van der Waals surface area contributed by atoms with Crippen molar-refractivity contribution in [3.63, 3.8) is 0 Å². The molecular formula is C13H19N3O3S. The Kier molecular flexibility index (Phi) is 5.69. The van der Waals surface area contributed by atoms with Crippen LogP contribution in [0.25, 0.3) is 0 Å². The summed E-state index contributed by atoms with van der Waals surface area (Å²) in [6.07, 6.45) is 2.73. The summed E-state index contributed by atoms with van der Waals surface area (Å²) < 4.78 is 14.8. The molecule has 1 aromatic rings. The zero-order valence-corrected chi connectivity index (χ0v) is 12.6. The monoisotopic (exact) mass is 297 g/mol. The average molecular weight is 297 g/mol. The van der Waals surface area contributed by atoms with Crippen LogP contribution in [0.4, 0.5) is 4.79 Å². The van der Waals surface area contributed by atoms with Gasteiger partial charge in [0.25, 0.3) is 5.91 Å². The van der Waals surface area contributed by atoms with Crippen molar-refractivity contribution < 1.29 is 13.8 Å². The molecule has 1 rings (SSSR count). The van der Waals surface area contributed by atoms with Crippen LogP contribution in [0.3, 0.4) is 0 Å². The van der Waals surface area contributed by atoms with Crippen LogP contribution in [-0.2, 0) is 14.5 Å². The summed E-state index contributed by atoms with van der Waals surface area (Å²) >= 11 is 0. The second kappa shape index (κ2) is 7.04. The highest BCUT2D eigenvalue weighted by molar-refractivity contribution is 7.92. The van der Waals surface area contributed by atoms with Crippen molar-refractivity contribution in [1.29, 1.82) is 0 Å². The third kappa shape index (κ3) is 6.33. The quantitative estimate of drug-likeness (QED) is 0.878. The zero-order valence-electron chi connectivity index (χ0n) is 11.8. The Morgan fingerprint density at radius 2 is 1.85 bits per heavy atom. The van der Waals surface area contributed by atoms with Gasteiger partial charge in [0, 0.05) is 22.2 Å². The highest BCUT2D eigenvalue weighted by atomic mass is 32.2. The molecule has 7 heteroatoms. The number of urea groups is 1. The van der Waals surface area contributed by atoms with Crippen molar-refractivity contribution in [1.82, 2.24) is 10.6 Å². The lowest BCUT2D eigenvalue weighted by atomic mass is 10.1. The summed E-state index contributed by atoms with van der Waals surface area (Å²) in [4.78, 5) is 22.9. The molecule has 110 valence electrons. The van der Waals surface area contributed by atoms with E-state index in [0.29, 0.717) is 0 Å². The molecule has 2 N–H and O–H groups in total. The lowest BCUT2D eigenvalue weighted by Crippen LogP contribution is -2.39. The van der Waals surface area contributed by atoms with E-state index in [4.69, 9.17) is 0 Å². The van der Waals surface area contributed by atoms with Crippen molar-refractivity contribution in [2.75, 3.05) is 19.1 Å². The van der Waals surface area contributed by atoms with Crippen LogP contribution in [0.1, 0.15) is 18.5 Å². The van der Waals surface area contributed by atoms with Gasteiger partial charge in [0.05, 0.1) is 6.04 Å². The van der Waals surface area contributed by atoms with E-state index in [1.165, 1.54) is 12.5 Å². The van der Waals surface area contributed by atoms with Crippen LogP contribution < -0.4 is 10.6 Å². The van der Waals surface area contributed by atoms with Gasteiger partial charge in [-0.3, -0.25) is 4.79 Å². The molecule has 3 amide bonds. The Morgan fingerprint density at radius 3 is 2.40 bits per heavy atom. The van der Waals surface area contributed by atoms with Crippen LogP contribution >= 0.6 is 0 Å². The number of hydrogen-bond donors (Lipinski definition) is 2. The first-order valence-electron chi connectivity index (χ1n) is 6.07. The third-order valence-electron chi connectivity index (χ3n) is 2.37. The number of hydrogen-bond acceptors (Lipinski definition) is 3. The van der Waals surface area contributed by atoms with Gasteiger partial charge in [0.15, 0.2) is 0 Å². The molecule has 0 heterocycles. The predicted molar refractivity (Wildman–Crippen MR) is 78.8 cm³/mol. The van der Waals surface area contributed by atoms with Crippen molar-refractivity contribution >= 4 is 21.7 Å². The summed E-state index contributed by atoms with van der Waals surface area (Å²) in [5.74, 6) is -0.609. The lowest BCUT2D eigenvalue weighted by Gasteiger charge is -2.14. The van der Waals surface area contributed by atoms with Crippen molar-refractivity contribution in [2.24, 2.45) is 4.36 Å². The summed E-state index contributed by atoms with van der Waals surface area (Å²) in [6, 6.07) is 8.81. The van der Waals surface area contributed by atoms with Gasteiger partial charge in [-0.25, -0.2) is 9.00 Å². The largest absolute Gasteiger partial charge is 0.332 e. The van der Waals surface area contributed by atoms with Crippen molar-refractivity contribution in [2.45, 2.75) is 13.0 Å². The van der Waals surface area contributed by atoms with Gasteiger partial charge in [-0.05, 0) is 12.5 Å². The number of carbonyl (C=O) groups is 2. The molecule has 0 aliphatic rings. The first kappa shape index (κ1) is 16.2. The van der Waals surface area contributed by atoms with E-state index in [9.17, 15) is 13.8 Å². The zero-order chi connectivity index (χ0) is 15.2. The smallest absolute Gasteiger partial charge is 0.315 e. The molecule has 0 aliphatic heterocycles. The van der Waals surface area contributed by atoms with Gasteiger partial charge in [-0.2, -0.15) is 4.36 Å². The minimum absolute atomic E-state index is 0.176. The Bertz CT molecular complexity index is 584. The van der Waals surface area contributed by atoms with Crippen molar-refractivity contribution in [3.05, 3.63) is 35.9 Å². The fourth-order valence-electron chi connectivity index (χ4n) is 1.51. The number of amides is 3. The molecule has 0 fully saturated rings. The molecular weight excluding hydrogens is 278 g/mol. The minimum Gasteiger partial charge on any atom is -0.332 e. The minimum atomic E-state index is -2.48. The van der Waals surface area contributed by atoms with Crippen LogP contribution in [-0.4, -0.2) is 35.2 Å². The molecule has 6 nitrogen and oxygen atoms in total. The second-order valence-corrected chi connectivity index (χ2v) is 7.17. The highest BCUT2D eigenvalue weighted by Crippen LogP contribution is 2.10. The van der Waals surface area contributed by atoms with Crippen molar-refractivity contribution in [3.8, 4) is 0 Å². The highest BCUT2D eigenvalue weighted by Gasteiger charge is 2.10. The van der Waals surface area contributed by atoms with E-state index < -0.39 is 21.7 Å². The summed E-state index contributed by atoms with van der Waals surface area (Å²) in [6.45, 7) is 1.57. The topological polar surface area (TPSA) is 87.6 Å². The average Bonchev–Trinajstić information content (AvgIpc) is 2.35. The summed E-state index contributed by atoms with van der Waals surface area (Å²) in [5.41, 5.74) is 0.962. The van der Waals surface area contributed by atoms with Gasteiger partial charge in [-0.15, -0.1) is 0 Å². The predicted octanol–water partition coefficient (Wildman–Crippen LogP) is 1.30. The van der Waals surface area contributed by atoms with Crippen LogP contribution in [0.15, 0.2) is 34.7 Å². The fourth-order valence-corrected chi connectivity index (χ4v) is 2.06. The van der Waals surface area contributed by atoms with Crippen LogP contribution in [0.2, 0.25) is 0 Å². The van der Waals surface area contributed by atoms with E-state index >= 15 is 0 Å². The number of nitrogens with zero attached hydrogens (tertiary/aromatic N) is 1. The maximum Gasteiger partial charge on any atom is 0.315 e. The second-order valence-electron chi connectivity index (χ2n) is 4.63. The Labute approximate surface area is 119 Å². The molecule has 0 aromatic heterocycles. The van der Waals surface area contributed by atoms with E-state index in [-0.39, 0.29) is 12.6 Å². The Hall–Kier alpha value is -1.89. The first-order chi connectivity index (χ1) is 9.28. The summed E-state index contributed by atoms with van der Waals surface area (Å²) in [5, 5.41) is 5.09. The molecule has 1 unspecified atom stereocenters. The van der Waals surface area contributed by atoms with Gasteiger partial charge in [-0.1, -0.05) is 30.3 Å². The lowest BCUT2D eigenvalue weighted by molar-refractivity contribution is -0.116. The summed E-state index contributed by atoms with van der Waals surface area (Å²) in [7, 11) is -2.48. The Morgan fingerprint density at radius 1 is 1.25 bits per heavy atom. The molecule has 0 radical (unpaired) electrons. The van der Waals surface area contributed by atoms with E-state index in [0.717, 1.165) is 5.56 Å². The third-order valence-corrected chi connectivity index (χ3v) is 3.01. The molecule has 1 atom stereocenters. The first-order valence-corrected chi connectivity index (χ1v) is 8.40. The number of rotatable bonds is 4. The molecule has 20 heavy (non-hydrogen) atoms.